The molecule has 0 bridgehead atoms. The van der Waals surface area contributed by atoms with Gasteiger partial charge in [0.25, 0.3) is 0 Å². The minimum atomic E-state index is 0.217. The average Bonchev–Trinajstić information content (AvgIpc) is 2.16. The van der Waals surface area contributed by atoms with Crippen LogP contribution in [-0.4, -0.2) is 19.7 Å². The van der Waals surface area contributed by atoms with Gasteiger partial charge in [-0.2, -0.15) is 0 Å². The minimum absolute atomic E-state index is 0.217. The van der Waals surface area contributed by atoms with E-state index in [4.69, 9.17) is 10.5 Å². The summed E-state index contributed by atoms with van der Waals surface area (Å²) in [6.07, 6.45) is 0.931. The zero-order valence-electron chi connectivity index (χ0n) is 8.63. The molecule has 1 heterocycles. The summed E-state index contributed by atoms with van der Waals surface area (Å²) in [6.45, 7) is 2.95. The first-order valence-electron chi connectivity index (χ1n) is 4.87. The van der Waals surface area contributed by atoms with Crippen LogP contribution in [0.2, 0.25) is 0 Å². The standard InChI is InChI=1S/C11H16N2O/c1-7-3-10(14-2)5-8-4-9(12)6-13-11(7)8/h3,5,9,13H,4,6,12H2,1-2H3. The number of methoxy groups -OCH3 is 1. The second-order valence-electron chi connectivity index (χ2n) is 3.82. The quantitative estimate of drug-likeness (QED) is 0.705. The van der Waals surface area contributed by atoms with Crippen LogP contribution in [0, 0.1) is 6.92 Å². The van der Waals surface area contributed by atoms with Gasteiger partial charge in [-0.3, -0.25) is 0 Å². The zero-order chi connectivity index (χ0) is 10.1. The van der Waals surface area contributed by atoms with Crippen molar-refractivity contribution < 1.29 is 4.74 Å². The Labute approximate surface area is 84.3 Å². The number of nitrogens with two attached hydrogens (primary N) is 1. The highest BCUT2D eigenvalue weighted by Crippen LogP contribution is 2.29. The summed E-state index contributed by atoms with van der Waals surface area (Å²) in [5, 5.41) is 3.35. The van der Waals surface area contributed by atoms with Gasteiger partial charge in [0, 0.05) is 18.3 Å². The van der Waals surface area contributed by atoms with E-state index in [1.807, 2.05) is 6.07 Å². The van der Waals surface area contributed by atoms with E-state index in [9.17, 15) is 0 Å². The number of rotatable bonds is 1. The molecule has 1 atom stereocenters. The number of hydrogen-bond donors (Lipinski definition) is 2. The predicted molar refractivity (Wildman–Crippen MR) is 57.9 cm³/mol. The molecule has 0 aliphatic carbocycles. The number of nitrogens with one attached hydrogen (secondary N) is 1. The fourth-order valence-corrected chi connectivity index (χ4v) is 1.94. The van der Waals surface area contributed by atoms with Gasteiger partial charge in [0.1, 0.15) is 5.75 Å². The van der Waals surface area contributed by atoms with Crippen LogP contribution in [0.15, 0.2) is 12.1 Å². The summed E-state index contributed by atoms with van der Waals surface area (Å²) in [6, 6.07) is 4.32. The van der Waals surface area contributed by atoms with Gasteiger partial charge in [-0.15, -0.1) is 0 Å². The highest BCUT2D eigenvalue weighted by molar-refractivity contribution is 5.62. The van der Waals surface area contributed by atoms with E-state index in [2.05, 4.69) is 18.3 Å². The van der Waals surface area contributed by atoms with Gasteiger partial charge in [-0.25, -0.2) is 0 Å². The molecule has 0 radical (unpaired) electrons. The van der Waals surface area contributed by atoms with E-state index in [1.165, 1.54) is 16.8 Å². The lowest BCUT2D eigenvalue weighted by Gasteiger charge is -2.25. The van der Waals surface area contributed by atoms with Crippen LogP contribution in [0.4, 0.5) is 5.69 Å². The monoisotopic (exact) mass is 192 g/mol. The van der Waals surface area contributed by atoms with Crippen LogP contribution in [0.3, 0.4) is 0 Å². The summed E-state index contributed by atoms with van der Waals surface area (Å²) >= 11 is 0. The van der Waals surface area contributed by atoms with Crippen LogP contribution in [-0.2, 0) is 6.42 Å². The third kappa shape index (κ3) is 1.55. The Morgan fingerprint density at radius 3 is 3.00 bits per heavy atom. The third-order valence-electron chi connectivity index (χ3n) is 2.65. The molecule has 0 fully saturated rings. The van der Waals surface area contributed by atoms with Crippen molar-refractivity contribution >= 4 is 5.69 Å². The molecule has 0 saturated carbocycles. The predicted octanol–water partition coefficient (Wildman–Crippen LogP) is 1.30. The van der Waals surface area contributed by atoms with E-state index in [-0.39, 0.29) is 6.04 Å². The van der Waals surface area contributed by atoms with Crippen LogP contribution in [0.5, 0.6) is 5.75 Å². The molecule has 2 rings (SSSR count). The molecule has 0 aromatic heterocycles. The third-order valence-corrected chi connectivity index (χ3v) is 2.65. The Balaban J connectivity index is 2.43. The van der Waals surface area contributed by atoms with E-state index >= 15 is 0 Å². The molecule has 1 unspecified atom stereocenters. The Bertz CT molecular complexity index is 349. The molecular formula is C11H16N2O. The minimum Gasteiger partial charge on any atom is -0.497 e. The Morgan fingerprint density at radius 2 is 2.29 bits per heavy atom. The van der Waals surface area contributed by atoms with Crippen molar-refractivity contribution in [2.75, 3.05) is 19.0 Å². The molecule has 1 aliphatic rings. The topological polar surface area (TPSA) is 47.3 Å². The summed E-state index contributed by atoms with van der Waals surface area (Å²) in [5.41, 5.74) is 9.61. The lowest BCUT2D eigenvalue weighted by Crippen LogP contribution is -2.35. The first-order valence-corrected chi connectivity index (χ1v) is 4.87. The molecule has 1 aromatic rings. The number of anilines is 1. The molecule has 76 valence electrons. The smallest absolute Gasteiger partial charge is 0.119 e. The maximum absolute atomic E-state index is 5.89. The van der Waals surface area contributed by atoms with Crippen molar-refractivity contribution in [1.82, 2.24) is 0 Å². The van der Waals surface area contributed by atoms with Gasteiger partial charge in [-0.05, 0) is 36.6 Å². The fraction of sp³-hybridized carbons (Fsp3) is 0.455. The SMILES string of the molecule is COc1cc(C)c2c(c1)CC(N)CN2. The number of fused-ring (bicyclic) bond motifs is 1. The van der Waals surface area contributed by atoms with E-state index < -0.39 is 0 Å². The van der Waals surface area contributed by atoms with Gasteiger partial charge >= 0.3 is 0 Å². The molecule has 14 heavy (non-hydrogen) atoms. The first-order chi connectivity index (χ1) is 6.70. The second kappa shape index (κ2) is 3.50. The molecule has 0 spiro atoms. The van der Waals surface area contributed by atoms with E-state index in [1.54, 1.807) is 7.11 Å². The van der Waals surface area contributed by atoms with Gasteiger partial charge in [-0.1, -0.05) is 0 Å². The molecule has 3 N–H and O–H groups in total. The van der Waals surface area contributed by atoms with Gasteiger partial charge in [0.2, 0.25) is 0 Å². The maximum Gasteiger partial charge on any atom is 0.119 e. The summed E-state index contributed by atoms with van der Waals surface area (Å²) in [7, 11) is 1.69. The summed E-state index contributed by atoms with van der Waals surface area (Å²) in [5.74, 6) is 0.914. The molecule has 1 aromatic carbocycles. The van der Waals surface area contributed by atoms with Crippen LogP contribution < -0.4 is 15.8 Å². The average molecular weight is 192 g/mol. The van der Waals surface area contributed by atoms with Crippen molar-refractivity contribution in [3.05, 3.63) is 23.3 Å². The van der Waals surface area contributed by atoms with E-state index in [0.29, 0.717) is 0 Å². The lowest BCUT2D eigenvalue weighted by atomic mass is 9.97. The van der Waals surface area contributed by atoms with Crippen molar-refractivity contribution in [1.29, 1.82) is 0 Å². The molecule has 0 amide bonds. The fourth-order valence-electron chi connectivity index (χ4n) is 1.94. The molecular weight excluding hydrogens is 176 g/mol. The molecule has 3 nitrogen and oxygen atoms in total. The normalized spacial score (nSPS) is 19.8. The van der Waals surface area contributed by atoms with Crippen molar-refractivity contribution in [2.24, 2.45) is 5.73 Å². The van der Waals surface area contributed by atoms with Crippen LogP contribution >= 0.6 is 0 Å². The summed E-state index contributed by atoms with van der Waals surface area (Å²) in [4.78, 5) is 0. The Morgan fingerprint density at radius 1 is 1.50 bits per heavy atom. The van der Waals surface area contributed by atoms with Crippen molar-refractivity contribution in [3.63, 3.8) is 0 Å². The largest absolute Gasteiger partial charge is 0.497 e. The summed E-state index contributed by atoms with van der Waals surface area (Å²) < 4.78 is 5.23. The van der Waals surface area contributed by atoms with E-state index in [0.717, 1.165) is 18.7 Å². The number of benzene rings is 1. The molecule has 0 saturated heterocycles. The van der Waals surface area contributed by atoms with Crippen molar-refractivity contribution in [3.8, 4) is 5.75 Å². The second-order valence-corrected chi connectivity index (χ2v) is 3.82. The lowest BCUT2D eigenvalue weighted by molar-refractivity contribution is 0.413. The van der Waals surface area contributed by atoms with Gasteiger partial charge in [0.15, 0.2) is 0 Å². The first kappa shape index (κ1) is 9.34. The zero-order valence-corrected chi connectivity index (χ0v) is 8.63. The van der Waals surface area contributed by atoms with Crippen molar-refractivity contribution in [2.45, 2.75) is 19.4 Å². The number of aryl methyl sites for hydroxylation is 1. The molecule has 3 heteroatoms. The Hall–Kier alpha value is -1.22. The highest BCUT2D eigenvalue weighted by Gasteiger charge is 2.17. The number of ether oxygens (including phenoxy) is 1. The maximum atomic E-state index is 5.89. The molecule has 1 aliphatic heterocycles. The van der Waals surface area contributed by atoms with Crippen LogP contribution in [0.1, 0.15) is 11.1 Å². The Kier molecular flexibility index (Phi) is 2.33. The van der Waals surface area contributed by atoms with Gasteiger partial charge < -0.3 is 15.8 Å². The highest BCUT2D eigenvalue weighted by atomic mass is 16.5. The van der Waals surface area contributed by atoms with Crippen LogP contribution in [0.25, 0.3) is 0 Å². The van der Waals surface area contributed by atoms with Gasteiger partial charge in [0.05, 0.1) is 7.11 Å². The number of hydrogen-bond acceptors (Lipinski definition) is 3.